The van der Waals surface area contributed by atoms with Crippen LogP contribution in [0.2, 0.25) is 0 Å². The normalized spacial score (nSPS) is 9.90. The molecule has 0 fully saturated rings. The third-order valence-electron chi connectivity index (χ3n) is 2.96. The van der Waals surface area contributed by atoms with Crippen LogP contribution in [0.25, 0.3) is 0 Å². The van der Waals surface area contributed by atoms with Crippen molar-refractivity contribution in [2.45, 2.75) is 13.8 Å². The van der Waals surface area contributed by atoms with Crippen LogP contribution in [-0.2, 0) is 0 Å². The van der Waals surface area contributed by atoms with E-state index in [1.807, 2.05) is 0 Å². The molecule has 0 atom stereocenters. The van der Waals surface area contributed by atoms with E-state index >= 15 is 0 Å². The number of ether oxygens (including phenoxy) is 2. The van der Waals surface area contributed by atoms with Gasteiger partial charge in [-0.2, -0.15) is 10.4 Å². The van der Waals surface area contributed by atoms with Crippen molar-refractivity contribution in [1.29, 1.82) is 5.26 Å². The van der Waals surface area contributed by atoms with E-state index in [1.165, 1.54) is 0 Å². The Balaban J connectivity index is 2.41. The number of hydrogen-bond acceptors (Lipinski definition) is 6. The molecule has 2 rings (SSSR count). The summed E-state index contributed by atoms with van der Waals surface area (Å²) in [5, 5.41) is 17.1. The van der Waals surface area contributed by atoms with Crippen molar-refractivity contribution >= 4 is 5.69 Å². The van der Waals surface area contributed by atoms with Gasteiger partial charge in [-0.25, -0.2) is 0 Å². The highest BCUT2D eigenvalue weighted by Gasteiger charge is 2.14. The molecule has 1 aromatic heterocycles. The molecule has 0 amide bonds. The van der Waals surface area contributed by atoms with Gasteiger partial charge in [-0.3, -0.25) is 0 Å². The van der Waals surface area contributed by atoms with Crippen molar-refractivity contribution in [3.63, 3.8) is 0 Å². The van der Waals surface area contributed by atoms with Gasteiger partial charge in [0.25, 0.3) is 5.88 Å². The molecule has 1 aromatic carbocycles. The number of benzene rings is 1. The van der Waals surface area contributed by atoms with Gasteiger partial charge in [-0.1, -0.05) is 0 Å². The van der Waals surface area contributed by atoms with E-state index in [2.05, 4.69) is 16.3 Å². The SMILES string of the molecule is COc1ccc(Oc2nnc(C)c(C)c2C#N)c(N)c1. The molecule has 0 spiro atoms. The maximum Gasteiger partial charge on any atom is 0.257 e. The largest absolute Gasteiger partial charge is 0.497 e. The third-order valence-corrected chi connectivity index (χ3v) is 2.96. The summed E-state index contributed by atoms with van der Waals surface area (Å²) in [4.78, 5) is 0. The molecule has 0 saturated heterocycles. The fraction of sp³-hybridized carbons (Fsp3) is 0.214. The first-order chi connectivity index (χ1) is 9.56. The van der Waals surface area contributed by atoms with E-state index in [4.69, 9.17) is 15.2 Å². The number of nitriles is 1. The first kappa shape index (κ1) is 13.6. The van der Waals surface area contributed by atoms with Gasteiger partial charge in [-0.05, 0) is 31.5 Å². The molecule has 20 heavy (non-hydrogen) atoms. The molecule has 6 nitrogen and oxygen atoms in total. The van der Waals surface area contributed by atoms with Gasteiger partial charge in [0.05, 0.1) is 18.5 Å². The summed E-state index contributed by atoms with van der Waals surface area (Å²) in [6.07, 6.45) is 0. The first-order valence-electron chi connectivity index (χ1n) is 5.92. The van der Waals surface area contributed by atoms with Crippen LogP contribution in [-0.4, -0.2) is 17.3 Å². The van der Waals surface area contributed by atoms with Gasteiger partial charge in [0.2, 0.25) is 0 Å². The summed E-state index contributed by atoms with van der Waals surface area (Å²) < 4.78 is 10.7. The number of nitrogens with zero attached hydrogens (tertiary/aromatic N) is 3. The Morgan fingerprint density at radius 1 is 1.25 bits per heavy atom. The Morgan fingerprint density at radius 2 is 2.00 bits per heavy atom. The van der Waals surface area contributed by atoms with Crippen molar-refractivity contribution < 1.29 is 9.47 Å². The van der Waals surface area contributed by atoms with Gasteiger partial charge in [0.1, 0.15) is 17.4 Å². The number of aryl methyl sites for hydroxylation is 1. The van der Waals surface area contributed by atoms with Crippen molar-refractivity contribution in [2.75, 3.05) is 12.8 Å². The van der Waals surface area contributed by atoms with E-state index < -0.39 is 0 Å². The van der Waals surface area contributed by atoms with Gasteiger partial charge in [-0.15, -0.1) is 5.10 Å². The van der Waals surface area contributed by atoms with Crippen LogP contribution in [0.4, 0.5) is 5.69 Å². The Bertz CT molecular complexity index is 692. The zero-order chi connectivity index (χ0) is 14.7. The van der Waals surface area contributed by atoms with Crippen LogP contribution in [0.15, 0.2) is 18.2 Å². The molecule has 0 aliphatic heterocycles. The fourth-order valence-electron chi connectivity index (χ4n) is 1.64. The summed E-state index contributed by atoms with van der Waals surface area (Å²) in [5.41, 5.74) is 8.05. The lowest BCUT2D eigenvalue weighted by Crippen LogP contribution is -2.02. The summed E-state index contributed by atoms with van der Waals surface area (Å²) in [6, 6.07) is 7.08. The summed E-state index contributed by atoms with van der Waals surface area (Å²) in [5.74, 6) is 1.17. The Hall–Kier alpha value is -2.81. The molecule has 0 bridgehead atoms. The van der Waals surface area contributed by atoms with Crippen molar-refractivity contribution in [3.8, 4) is 23.4 Å². The number of rotatable bonds is 3. The third kappa shape index (κ3) is 2.47. The minimum atomic E-state index is 0.146. The molecule has 0 unspecified atom stereocenters. The zero-order valence-corrected chi connectivity index (χ0v) is 11.5. The molecule has 2 aromatic rings. The van der Waals surface area contributed by atoms with Crippen LogP contribution >= 0.6 is 0 Å². The molecular weight excluding hydrogens is 256 g/mol. The first-order valence-corrected chi connectivity index (χ1v) is 5.92. The van der Waals surface area contributed by atoms with Crippen molar-refractivity contribution in [3.05, 3.63) is 35.0 Å². The van der Waals surface area contributed by atoms with Gasteiger partial charge >= 0.3 is 0 Å². The van der Waals surface area contributed by atoms with Gasteiger partial charge in [0.15, 0.2) is 5.75 Å². The molecule has 1 heterocycles. The average Bonchev–Trinajstić information content (AvgIpc) is 2.45. The van der Waals surface area contributed by atoms with Crippen LogP contribution in [0.3, 0.4) is 0 Å². The number of aromatic nitrogens is 2. The van der Waals surface area contributed by atoms with E-state index in [9.17, 15) is 5.26 Å². The molecule has 0 aliphatic carbocycles. The van der Waals surface area contributed by atoms with Crippen molar-refractivity contribution in [2.24, 2.45) is 0 Å². The molecule has 0 radical (unpaired) electrons. The lowest BCUT2D eigenvalue weighted by molar-refractivity contribution is 0.412. The van der Waals surface area contributed by atoms with Crippen molar-refractivity contribution in [1.82, 2.24) is 10.2 Å². The highest BCUT2D eigenvalue weighted by Crippen LogP contribution is 2.31. The Kier molecular flexibility index (Phi) is 3.71. The number of methoxy groups -OCH3 is 1. The maximum absolute atomic E-state index is 9.20. The summed E-state index contributed by atoms with van der Waals surface area (Å²) in [6.45, 7) is 3.58. The predicted octanol–water partition coefficient (Wildman–Crippen LogP) is 2.35. The standard InChI is InChI=1S/C14H14N4O2/c1-8-9(2)17-18-14(11(8)7-15)20-13-5-4-10(19-3)6-12(13)16/h4-6H,16H2,1-3H3. The zero-order valence-electron chi connectivity index (χ0n) is 11.5. The topological polar surface area (TPSA) is 94.0 Å². The molecule has 0 saturated carbocycles. The van der Waals surface area contributed by atoms with Gasteiger partial charge < -0.3 is 15.2 Å². The molecule has 2 N–H and O–H groups in total. The Labute approximate surface area is 116 Å². The summed E-state index contributed by atoms with van der Waals surface area (Å²) in [7, 11) is 1.55. The van der Waals surface area contributed by atoms with Crippen LogP contribution in [0, 0.1) is 25.2 Å². The second kappa shape index (κ2) is 5.45. The number of anilines is 1. The van der Waals surface area contributed by atoms with Crippen LogP contribution in [0.1, 0.15) is 16.8 Å². The van der Waals surface area contributed by atoms with Crippen LogP contribution in [0.5, 0.6) is 17.4 Å². The maximum atomic E-state index is 9.20. The minimum absolute atomic E-state index is 0.146. The molecule has 102 valence electrons. The number of nitrogens with two attached hydrogens (primary N) is 1. The smallest absolute Gasteiger partial charge is 0.257 e. The van der Waals surface area contributed by atoms with E-state index in [0.29, 0.717) is 28.4 Å². The molecule has 6 heteroatoms. The highest BCUT2D eigenvalue weighted by atomic mass is 16.5. The molecule has 0 aliphatic rings. The van der Waals surface area contributed by atoms with E-state index in [0.717, 1.165) is 5.56 Å². The number of nitrogen functional groups attached to an aromatic ring is 1. The monoisotopic (exact) mass is 270 g/mol. The summed E-state index contributed by atoms with van der Waals surface area (Å²) >= 11 is 0. The Morgan fingerprint density at radius 3 is 2.60 bits per heavy atom. The van der Waals surface area contributed by atoms with Crippen LogP contribution < -0.4 is 15.2 Å². The quantitative estimate of drug-likeness (QED) is 0.860. The second-order valence-corrected chi connectivity index (χ2v) is 4.21. The van der Waals surface area contributed by atoms with E-state index in [1.54, 1.807) is 39.2 Å². The average molecular weight is 270 g/mol. The fourth-order valence-corrected chi connectivity index (χ4v) is 1.64. The van der Waals surface area contributed by atoms with Gasteiger partial charge in [0, 0.05) is 6.07 Å². The van der Waals surface area contributed by atoms with E-state index in [-0.39, 0.29) is 5.88 Å². The predicted molar refractivity (Wildman–Crippen MR) is 73.7 cm³/mol. The highest BCUT2D eigenvalue weighted by molar-refractivity contribution is 5.58. The second-order valence-electron chi connectivity index (χ2n) is 4.21. The lowest BCUT2D eigenvalue weighted by Gasteiger charge is -2.11. The molecular formula is C14H14N4O2. The lowest BCUT2D eigenvalue weighted by atomic mass is 10.1. The minimum Gasteiger partial charge on any atom is -0.497 e. The number of hydrogen-bond donors (Lipinski definition) is 1.